The van der Waals surface area contributed by atoms with E-state index in [1.807, 2.05) is 35.9 Å². The molecule has 1 aromatic heterocycles. The molecule has 0 spiro atoms. The Labute approximate surface area is 116 Å². The van der Waals surface area contributed by atoms with Crippen molar-refractivity contribution in [2.45, 2.75) is 6.54 Å². The van der Waals surface area contributed by atoms with Gasteiger partial charge in [0.15, 0.2) is 0 Å². The summed E-state index contributed by atoms with van der Waals surface area (Å²) in [7, 11) is 1.93. The summed E-state index contributed by atoms with van der Waals surface area (Å²) in [6.45, 7) is 0.632. The number of hydrogen-bond donors (Lipinski definition) is 3. The van der Waals surface area contributed by atoms with Gasteiger partial charge in [-0.1, -0.05) is 18.2 Å². The van der Waals surface area contributed by atoms with Crippen molar-refractivity contribution >= 4 is 17.7 Å². The summed E-state index contributed by atoms with van der Waals surface area (Å²) in [6, 6.07) is 7.60. The molecule has 2 aromatic rings. The van der Waals surface area contributed by atoms with E-state index in [0.717, 1.165) is 16.9 Å². The molecule has 1 aromatic carbocycles. The monoisotopic (exact) mass is 272 g/mol. The van der Waals surface area contributed by atoms with Crippen LogP contribution >= 0.6 is 0 Å². The number of nitrogens with one attached hydrogen (secondary N) is 2. The molecular formula is C14H16N4O2. The largest absolute Gasteiger partial charge is 0.379 e. The van der Waals surface area contributed by atoms with E-state index in [0.29, 0.717) is 6.54 Å². The second kappa shape index (κ2) is 6.53. The van der Waals surface area contributed by atoms with Gasteiger partial charge in [-0.3, -0.25) is 10.0 Å². The Balaban J connectivity index is 2.10. The molecule has 0 radical (unpaired) electrons. The van der Waals surface area contributed by atoms with Gasteiger partial charge in [-0.05, 0) is 17.7 Å². The number of rotatable bonds is 5. The van der Waals surface area contributed by atoms with Gasteiger partial charge in [0, 0.05) is 25.0 Å². The molecule has 6 nitrogen and oxygen atoms in total. The third-order valence-corrected chi connectivity index (χ3v) is 2.86. The number of hydrogen-bond acceptors (Lipinski definition) is 4. The van der Waals surface area contributed by atoms with Gasteiger partial charge in [0.1, 0.15) is 0 Å². The Morgan fingerprint density at radius 3 is 2.95 bits per heavy atom. The molecule has 1 heterocycles. The van der Waals surface area contributed by atoms with Crippen molar-refractivity contribution in [1.82, 2.24) is 15.0 Å². The lowest BCUT2D eigenvalue weighted by Gasteiger charge is -2.09. The number of carbonyl (C=O) groups excluding carboxylic acids is 1. The second-order valence-corrected chi connectivity index (χ2v) is 4.25. The van der Waals surface area contributed by atoms with Crippen molar-refractivity contribution in [1.29, 1.82) is 0 Å². The molecule has 1 amide bonds. The molecule has 0 aliphatic carbocycles. The van der Waals surface area contributed by atoms with Crippen molar-refractivity contribution < 1.29 is 10.0 Å². The quantitative estimate of drug-likeness (QED) is 0.438. The van der Waals surface area contributed by atoms with Crippen molar-refractivity contribution in [2.24, 2.45) is 7.05 Å². The molecule has 2 rings (SSSR count). The Morgan fingerprint density at radius 1 is 1.45 bits per heavy atom. The molecule has 0 saturated carbocycles. The first-order valence-corrected chi connectivity index (χ1v) is 6.11. The van der Waals surface area contributed by atoms with Gasteiger partial charge in [-0.15, -0.1) is 0 Å². The minimum atomic E-state index is -0.563. The molecular weight excluding hydrogens is 256 g/mol. The number of anilines is 1. The smallest absolute Gasteiger partial charge is 0.267 e. The van der Waals surface area contributed by atoms with Gasteiger partial charge in [0.25, 0.3) is 5.91 Å². The Bertz CT molecular complexity index is 619. The van der Waals surface area contributed by atoms with Crippen LogP contribution < -0.4 is 10.8 Å². The fraction of sp³-hybridized carbons (Fsp3) is 0.143. The summed E-state index contributed by atoms with van der Waals surface area (Å²) in [4.78, 5) is 15.1. The van der Waals surface area contributed by atoms with E-state index in [9.17, 15) is 4.79 Å². The lowest BCUT2D eigenvalue weighted by atomic mass is 10.1. The lowest BCUT2D eigenvalue weighted by Crippen LogP contribution is -2.14. The van der Waals surface area contributed by atoms with E-state index < -0.39 is 5.91 Å². The summed E-state index contributed by atoms with van der Waals surface area (Å²) < 4.78 is 1.94. The van der Waals surface area contributed by atoms with Crippen molar-refractivity contribution in [2.75, 3.05) is 5.32 Å². The van der Waals surface area contributed by atoms with Crippen LogP contribution in [0.15, 0.2) is 42.9 Å². The van der Waals surface area contributed by atoms with Crippen LogP contribution in [0.3, 0.4) is 0 Å². The number of aromatic nitrogens is 2. The molecule has 0 saturated heterocycles. The summed E-state index contributed by atoms with van der Waals surface area (Å²) in [5.41, 5.74) is 4.37. The molecule has 3 N–H and O–H groups in total. The molecule has 0 aliphatic rings. The van der Waals surface area contributed by atoms with E-state index in [1.165, 1.54) is 6.08 Å². The highest BCUT2D eigenvalue weighted by Gasteiger charge is 2.01. The van der Waals surface area contributed by atoms with Crippen LogP contribution in [0.4, 0.5) is 5.69 Å². The minimum Gasteiger partial charge on any atom is -0.379 e. The lowest BCUT2D eigenvalue weighted by molar-refractivity contribution is -0.124. The van der Waals surface area contributed by atoms with Crippen LogP contribution in [-0.2, 0) is 18.4 Å². The molecule has 0 aliphatic heterocycles. The average Bonchev–Trinajstić information content (AvgIpc) is 2.88. The zero-order valence-electron chi connectivity index (χ0n) is 11.1. The Hall–Kier alpha value is -2.60. The first-order chi connectivity index (χ1) is 9.70. The standard InChI is InChI=1S/C14H16N4O2/c1-18-10-15-8-12(18)9-16-13-5-3-2-4-11(13)6-7-14(19)17-20/h2-8,10,16,20H,9H2,1H3,(H,17,19). The highest BCUT2D eigenvalue weighted by atomic mass is 16.5. The number of hydroxylamine groups is 1. The third-order valence-electron chi connectivity index (χ3n) is 2.86. The van der Waals surface area contributed by atoms with E-state index in [2.05, 4.69) is 10.3 Å². The molecule has 0 atom stereocenters. The van der Waals surface area contributed by atoms with Gasteiger partial charge in [-0.25, -0.2) is 10.5 Å². The van der Waals surface area contributed by atoms with E-state index >= 15 is 0 Å². The number of aryl methyl sites for hydroxylation is 1. The van der Waals surface area contributed by atoms with Crippen molar-refractivity contribution in [3.63, 3.8) is 0 Å². The fourth-order valence-electron chi connectivity index (χ4n) is 1.75. The molecule has 0 bridgehead atoms. The SMILES string of the molecule is Cn1cncc1CNc1ccccc1C=CC(=O)NO. The number of carbonyl (C=O) groups is 1. The second-order valence-electron chi connectivity index (χ2n) is 4.25. The first-order valence-electron chi connectivity index (χ1n) is 6.11. The van der Waals surface area contributed by atoms with Gasteiger partial charge in [0.2, 0.25) is 0 Å². The van der Waals surface area contributed by atoms with Gasteiger partial charge in [-0.2, -0.15) is 0 Å². The number of imidazole rings is 1. The highest BCUT2D eigenvalue weighted by molar-refractivity contribution is 5.91. The van der Waals surface area contributed by atoms with Crippen LogP contribution in [0, 0.1) is 0 Å². The summed E-state index contributed by atoms with van der Waals surface area (Å²) >= 11 is 0. The predicted octanol–water partition coefficient (Wildman–Crippen LogP) is 1.55. The van der Waals surface area contributed by atoms with E-state index in [-0.39, 0.29) is 0 Å². The minimum absolute atomic E-state index is 0.563. The first kappa shape index (κ1) is 13.8. The van der Waals surface area contributed by atoms with Crippen LogP contribution in [-0.4, -0.2) is 20.7 Å². The number of para-hydroxylation sites is 1. The average molecular weight is 272 g/mol. The summed E-state index contributed by atoms with van der Waals surface area (Å²) in [6.07, 6.45) is 6.45. The molecule has 104 valence electrons. The molecule has 0 fully saturated rings. The Morgan fingerprint density at radius 2 is 2.25 bits per heavy atom. The van der Waals surface area contributed by atoms with Gasteiger partial charge >= 0.3 is 0 Å². The summed E-state index contributed by atoms with van der Waals surface area (Å²) in [5, 5.41) is 11.8. The van der Waals surface area contributed by atoms with Crippen LogP contribution in [0.25, 0.3) is 6.08 Å². The third kappa shape index (κ3) is 3.46. The van der Waals surface area contributed by atoms with E-state index in [1.54, 1.807) is 24.1 Å². The van der Waals surface area contributed by atoms with Crippen molar-refractivity contribution in [3.05, 3.63) is 54.1 Å². The maximum Gasteiger partial charge on any atom is 0.267 e. The van der Waals surface area contributed by atoms with Gasteiger partial charge < -0.3 is 9.88 Å². The Kier molecular flexibility index (Phi) is 4.52. The zero-order valence-corrected chi connectivity index (χ0v) is 11.1. The van der Waals surface area contributed by atoms with E-state index in [4.69, 9.17) is 5.21 Å². The zero-order chi connectivity index (χ0) is 14.4. The normalized spacial score (nSPS) is 10.7. The molecule has 0 unspecified atom stereocenters. The summed E-state index contributed by atoms with van der Waals surface area (Å²) in [5.74, 6) is -0.563. The van der Waals surface area contributed by atoms with Gasteiger partial charge in [0.05, 0.1) is 18.6 Å². The highest BCUT2D eigenvalue weighted by Crippen LogP contribution is 2.17. The fourth-order valence-corrected chi connectivity index (χ4v) is 1.75. The number of nitrogens with zero attached hydrogens (tertiary/aromatic N) is 2. The van der Waals surface area contributed by atoms with Crippen LogP contribution in [0.1, 0.15) is 11.3 Å². The number of benzene rings is 1. The predicted molar refractivity (Wildman–Crippen MR) is 75.9 cm³/mol. The topological polar surface area (TPSA) is 79.2 Å². The van der Waals surface area contributed by atoms with Crippen LogP contribution in [0.2, 0.25) is 0 Å². The maximum atomic E-state index is 11.0. The number of amides is 1. The van der Waals surface area contributed by atoms with Crippen molar-refractivity contribution in [3.8, 4) is 0 Å². The molecule has 20 heavy (non-hydrogen) atoms. The van der Waals surface area contributed by atoms with Crippen LogP contribution in [0.5, 0.6) is 0 Å². The maximum absolute atomic E-state index is 11.0. The molecule has 6 heteroatoms.